The first-order valence-electron chi connectivity index (χ1n) is 9.29. The van der Waals surface area contributed by atoms with E-state index >= 15 is 0 Å². The zero-order valence-electron chi connectivity index (χ0n) is 16.9. The largest absolute Gasteiger partial charge is 0.483 e. The van der Waals surface area contributed by atoms with E-state index in [1.807, 2.05) is 26.0 Å². The Morgan fingerprint density at radius 2 is 2.00 bits per heavy atom. The molecule has 0 spiro atoms. The van der Waals surface area contributed by atoms with Crippen LogP contribution in [0.5, 0.6) is 11.5 Å². The molecule has 9 nitrogen and oxygen atoms in total. The minimum atomic E-state index is -0.726. The van der Waals surface area contributed by atoms with E-state index in [4.69, 9.17) is 14.2 Å². The molecule has 0 bridgehead atoms. The Morgan fingerprint density at radius 3 is 2.73 bits per heavy atom. The van der Waals surface area contributed by atoms with Crippen molar-refractivity contribution in [3.63, 3.8) is 0 Å². The highest BCUT2D eigenvalue weighted by atomic mass is 16.6. The molecule has 1 amide bonds. The molecule has 0 fully saturated rings. The number of carbonyl (C=O) groups is 2. The molecule has 3 rings (SSSR count). The van der Waals surface area contributed by atoms with Gasteiger partial charge < -0.3 is 19.5 Å². The number of non-ortho nitro benzene ring substituents is 1. The number of nitrogens with zero attached hydrogens (tertiary/aromatic N) is 1. The second-order valence-corrected chi connectivity index (χ2v) is 7.54. The van der Waals surface area contributed by atoms with Crippen LogP contribution in [0.1, 0.15) is 25.0 Å². The summed E-state index contributed by atoms with van der Waals surface area (Å²) in [6.45, 7) is 4.70. The van der Waals surface area contributed by atoms with Gasteiger partial charge in [-0.1, -0.05) is 18.2 Å². The zero-order chi connectivity index (χ0) is 21.9. The molecule has 2 aromatic rings. The number of carbonyl (C=O) groups excluding carboxylic acids is 2. The van der Waals surface area contributed by atoms with E-state index in [1.54, 1.807) is 13.0 Å². The minimum absolute atomic E-state index is 0.151. The monoisotopic (exact) mass is 414 g/mol. The molecule has 1 aliphatic heterocycles. The van der Waals surface area contributed by atoms with Crippen LogP contribution in [0.3, 0.4) is 0 Å². The van der Waals surface area contributed by atoms with E-state index in [9.17, 15) is 19.7 Å². The van der Waals surface area contributed by atoms with Crippen molar-refractivity contribution >= 4 is 23.3 Å². The molecule has 0 aliphatic carbocycles. The van der Waals surface area contributed by atoms with Crippen LogP contribution in [0.2, 0.25) is 0 Å². The molecule has 0 aromatic heterocycles. The minimum Gasteiger partial charge on any atom is -0.483 e. The molecule has 1 aliphatic rings. The van der Waals surface area contributed by atoms with Crippen LogP contribution in [0.4, 0.5) is 11.4 Å². The summed E-state index contributed by atoms with van der Waals surface area (Å²) in [5.74, 6) is -0.297. The van der Waals surface area contributed by atoms with Crippen molar-refractivity contribution in [3.05, 3.63) is 57.6 Å². The SMILES string of the molecule is Cc1ccc([N+](=O)[O-])cc1NC(=O)COC(=O)COc1cccc2c1OC(C)(C)C2. The number of benzene rings is 2. The number of hydrogen-bond donors (Lipinski definition) is 1. The van der Waals surface area contributed by atoms with E-state index in [-0.39, 0.29) is 23.6 Å². The van der Waals surface area contributed by atoms with E-state index in [2.05, 4.69) is 5.32 Å². The number of nitro benzene ring substituents is 1. The quantitative estimate of drug-likeness (QED) is 0.420. The Hall–Kier alpha value is -3.62. The molecular weight excluding hydrogens is 392 g/mol. The fraction of sp³-hybridized carbons (Fsp3) is 0.333. The molecule has 0 unspecified atom stereocenters. The maximum Gasteiger partial charge on any atom is 0.344 e. The standard InChI is InChI=1S/C21H22N2O7/c1-13-7-8-15(23(26)27)9-16(13)22-18(24)11-29-19(25)12-28-17-6-4-5-14-10-21(2,3)30-20(14)17/h4-9H,10-12H2,1-3H3,(H,22,24). The lowest BCUT2D eigenvalue weighted by Crippen LogP contribution is -2.25. The molecule has 158 valence electrons. The average Bonchev–Trinajstić information content (AvgIpc) is 3.00. The number of fused-ring (bicyclic) bond motifs is 1. The van der Waals surface area contributed by atoms with Gasteiger partial charge in [-0.05, 0) is 32.4 Å². The highest BCUT2D eigenvalue weighted by Crippen LogP contribution is 2.41. The van der Waals surface area contributed by atoms with Crippen molar-refractivity contribution in [3.8, 4) is 11.5 Å². The first-order chi connectivity index (χ1) is 14.1. The third-order valence-corrected chi connectivity index (χ3v) is 4.47. The first-order valence-corrected chi connectivity index (χ1v) is 9.29. The van der Waals surface area contributed by atoms with Crippen LogP contribution < -0.4 is 14.8 Å². The van der Waals surface area contributed by atoms with Gasteiger partial charge in [0.15, 0.2) is 24.7 Å². The Bertz CT molecular complexity index is 1000. The van der Waals surface area contributed by atoms with Crippen molar-refractivity contribution in [1.82, 2.24) is 0 Å². The van der Waals surface area contributed by atoms with Crippen molar-refractivity contribution in [1.29, 1.82) is 0 Å². The molecule has 0 saturated carbocycles. The number of rotatable bonds is 7. The summed E-state index contributed by atoms with van der Waals surface area (Å²) < 4.78 is 16.3. The summed E-state index contributed by atoms with van der Waals surface area (Å²) in [4.78, 5) is 34.3. The Morgan fingerprint density at radius 1 is 1.23 bits per heavy atom. The molecular formula is C21H22N2O7. The summed E-state index contributed by atoms with van der Waals surface area (Å²) in [7, 11) is 0. The third kappa shape index (κ3) is 5.05. The van der Waals surface area contributed by atoms with Gasteiger partial charge in [0.1, 0.15) is 5.60 Å². The molecule has 0 atom stereocenters. The van der Waals surface area contributed by atoms with Crippen LogP contribution in [0, 0.1) is 17.0 Å². The normalized spacial score (nSPS) is 13.7. The fourth-order valence-electron chi connectivity index (χ4n) is 3.07. The number of anilines is 1. The second-order valence-electron chi connectivity index (χ2n) is 7.54. The fourth-order valence-corrected chi connectivity index (χ4v) is 3.07. The predicted molar refractivity (Wildman–Crippen MR) is 108 cm³/mol. The van der Waals surface area contributed by atoms with Crippen LogP contribution in [-0.4, -0.2) is 35.6 Å². The van der Waals surface area contributed by atoms with Crippen molar-refractivity contribution in [2.45, 2.75) is 32.8 Å². The van der Waals surface area contributed by atoms with Crippen LogP contribution in [0.15, 0.2) is 36.4 Å². The molecule has 2 aromatic carbocycles. The molecule has 1 N–H and O–H groups in total. The van der Waals surface area contributed by atoms with Gasteiger partial charge in [-0.15, -0.1) is 0 Å². The summed E-state index contributed by atoms with van der Waals surface area (Å²) in [6, 6.07) is 9.57. The number of hydrogen-bond acceptors (Lipinski definition) is 7. The summed E-state index contributed by atoms with van der Waals surface area (Å²) in [5.41, 5.74) is 1.43. The highest BCUT2D eigenvalue weighted by molar-refractivity contribution is 5.93. The zero-order valence-corrected chi connectivity index (χ0v) is 16.9. The van der Waals surface area contributed by atoms with Gasteiger partial charge in [0, 0.05) is 24.1 Å². The maximum atomic E-state index is 12.0. The maximum absolute atomic E-state index is 12.0. The topological polar surface area (TPSA) is 117 Å². The summed E-state index contributed by atoms with van der Waals surface area (Å²) in [6.07, 6.45) is 0.737. The van der Waals surface area contributed by atoms with Gasteiger partial charge in [0.25, 0.3) is 11.6 Å². The Labute approximate surface area is 173 Å². The summed E-state index contributed by atoms with van der Waals surface area (Å²) in [5, 5.41) is 13.4. The Kier molecular flexibility index (Phi) is 5.91. The number of para-hydroxylation sites is 1. The first kappa shape index (κ1) is 21.1. The van der Waals surface area contributed by atoms with Crippen molar-refractivity contribution in [2.24, 2.45) is 0 Å². The highest BCUT2D eigenvalue weighted by Gasteiger charge is 2.32. The van der Waals surface area contributed by atoms with Crippen LogP contribution in [0.25, 0.3) is 0 Å². The lowest BCUT2D eigenvalue weighted by Gasteiger charge is -2.18. The Balaban J connectivity index is 1.50. The number of aryl methyl sites for hydroxylation is 1. The molecule has 9 heteroatoms. The van der Waals surface area contributed by atoms with Crippen molar-refractivity contribution in [2.75, 3.05) is 18.5 Å². The number of amides is 1. The van der Waals surface area contributed by atoms with Gasteiger partial charge in [-0.2, -0.15) is 0 Å². The lowest BCUT2D eigenvalue weighted by molar-refractivity contribution is -0.384. The smallest absolute Gasteiger partial charge is 0.344 e. The van der Waals surface area contributed by atoms with E-state index in [0.29, 0.717) is 17.1 Å². The van der Waals surface area contributed by atoms with E-state index in [1.165, 1.54) is 18.2 Å². The lowest BCUT2D eigenvalue weighted by atomic mass is 10.0. The third-order valence-electron chi connectivity index (χ3n) is 4.47. The van der Waals surface area contributed by atoms with Gasteiger partial charge in [-0.3, -0.25) is 14.9 Å². The molecule has 1 heterocycles. The van der Waals surface area contributed by atoms with E-state index < -0.39 is 23.4 Å². The number of nitrogens with one attached hydrogen (secondary N) is 1. The average molecular weight is 414 g/mol. The predicted octanol–water partition coefficient (Wildman–Crippen LogP) is 3.18. The van der Waals surface area contributed by atoms with Gasteiger partial charge in [0.05, 0.1) is 10.6 Å². The van der Waals surface area contributed by atoms with Gasteiger partial charge in [0.2, 0.25) is 0 Å². The van der Waals surface area contributed by atoms with E-state index in [0.717, 1.165) is 12.0 Å². The second kappa shape index (κ2) is 8.40. The van der Waals surface area contributed by atoms with Crippen LogP contribution in [-0.2, 0) is 20.7 Å². The number of ether oxygens (including phenoxy) is 3. The summed E-state index contributed by atoms with van der Waals surface area (Å²) >= 11 is 0. The van der Waals surface area contributed by atoms with Gasteiger partial charge in [-0.25, -0.2) is 4.79 Å². The number of esters is 1. The van der Waals surface area contributed by atoms with Crippen molar-refractivity contribution < 1.29 is 28.7 Å². The number of nitro groups is 1. The molecule has 30 heavy (non-hydrogen) atoms. The molecule has 0 radical (unpaired) electrons. The molecule has 0 saturated heterocycles. The van der Waals surface area contributed by atoms with Gasteiger partial charge >= 0.3 is 5.97 Å². The van der Waals surface area contributed by atoms with Crippen LogP contribution >= 0.6 is 0 Å².